The van der Waals surface area contributed by atoms with Gasteiger partial charge in [-0.2, -0.15) is 0 Å². The van der Waals surface area contributed by atoms with Gasteiger partial charge in [0, 0.05) is 24.5 Å². The number of rotatable bonds is 8. The van der Waals surface area contributed by atoms with E-state index in [2.05, 4.69) is 15.4 Å². The first-order chi connectivity index (χ1) is 16.0. The number of fused-ring (bicyclic) bond motifs is 1. The number of carbonyl (C=O) groups excluding carboxylic acids is 1. The summed E-state index contributed by atoms with van der Waals surface area (Å²) < 4.78 is 23.7. The molecule has 2 aromatic carbocycles. The molecule has 0 fully saturated rings. The fraction of sp³-hybridized carbons (Fsp3) is 0.182. The number of amides is 1. The van der Waals surface area contributed by atoms with Crippen LogP contribution < -0.4 is 30.0 Å². The predicted molar refractivity (Wildman–Crippen MR) is 118 cm³/mol. The van der Waals surface area contributed by atoms with Crippen LogP contribution >= 0.6 is 0 Å². The zero-order chi connectivity index (χ0) is 23.4. The monoisotopic (exact) mass is 451 g/mol. The number of benzene rings is 2. The zero-order valence-electron chi connectivity index (χ0n) is 18.1. The molecule has 0 aliphatic rings. The lowest BCUT2D eigenvalue weighted by atomic mass is 10.2. The molecule has 0 radical (unpaired) electrons. The van der Waals surface area contributed by atoms with Gasteiger partial charge >= 0.3 is 5.69 Å². The van der Waals surface area contributed by atoms with E-state index in [1.165, 1.54) is 31.0 Å². The summed E-state index contributed by atoms with van der Waals surface area (Å²) in [4.78, 5) is 29.5. The standard InChI is InChI=1S/C22H21N5O6/c1-30-14-5-4-6-16(11-14)33-21-20-25-27(22(29)26(20)10-9-23-21)13-19(28)24-17-8-7-15(31-2)12-18(17)32-3/h4-12H,13H2,1-3H3,(H,24,28). The lowest BCUT2D eigenvalue weighted by molar-refractivity contribution is -0.117. The fourth-order valence-electron chi connectivity index (χ4n) is 3.10. The molecule has 2 heterocycles. The summed E-state index contributed by atoms with van der Waals surface area (Å²) in [5.41, 5.74) is 0.0868. The minimum atomic E-state index is -0.514. The van der Waals surface area contributed by atoms with Crippen molar-refractivity contribution in [2.75, 3.05) is 26.6 Å². The van der Waals surface area contributed by atoms with Gasteiger partial charge in [0.05, 0.1) is 27.0 Å². The molecule has 0 saturated carbocycles. The summed E-state index contributed by atoms with van der Waals surface area (Å²) in [7, 11) is 4.56. The maximum Gasteiger partial charge on any atom is 0.351 e. The second kappa shape index (κ2) is 9.30. The van der Waals surface area contributed by atoms with Crippen LogP contribution in [0.1, 0.15) is 0 Å². The summed E-state index contributed by atoms with van der Waals surface area (Å²) in [5.74, 6) is 1.71. The van der Waals surface area contributed by atoms with Crippen molar-refractivity contribution in [2.24, 2.45) is 0 Å². The second-order valence-electron chi connectivity index (χ2n) is 6.76. The Morgan fingerprint density at radius 3 is 2.52 bits per heavy atom. The number of ether oxygens (including phenoxy) is 4. The van der Waals surface area contributed by atoms with Gasteiger partial charge in [0.1, 0.15) is 29.5 Å². The molecule has 0 spiro atoms. The summed E-state index contributed by atoms with van der Waals surface area (Å²) in [5, 5.41) is 6.95. The van der Waals surface area contributed by atoms with Gasteiger partial charge in [0.2, 0.25) is 11.6 Å². The normalized spacial score (nSPS) is 10.6. The molecule has 1 amide bonds. The number of hydrogen-bond donors (Lipinski definition) is 1. The van der Waals surface area contributed by atoms with Crippen molar-refractivity contribution in [2.45, 2.75) is 6.54 Å². The summed E-state index contributed by atoms with van der Waals surface area (Å²) in [6.07, 6.45) is 2.86. The topological polar surface area (TPSA) is 118 Å². The minimum Gasteiger partial charge on any atom is -0.497 e. The molecule has 33 heavy (non-hydrogen) atoms. The number of methoxy groups -OCH3 is 3. The minimum absolute atomic E-state index is 0.110. The number of hydrogen-bond acceptors (Lipinski definition) is 8. The Hall–Kier alpha value is -4.54. The van der Waals surface area contributed by atoms with Crippen LogP contribution in [0.3, 0.4) is 0 Å². The van der Waals surface area contributed by atoms with Gasteiger partial charge < -0.3 is 24.3 Å². The fourth-order valence-corrected chi connectivity index (χ4v) is 3.10. The SMILES string of the molecule is COc1cccc(Oc2nccn3c(=O)n(CC(=O)Nc4ccc(OC)cc4OC)nc23)c1. The Kier molecular flexibility index (Phi) is 6.11. The van der Waals surface area contributed by atoms with E-state index in [0.29, 0.717) is 28.7 Å². The quantitative estimate of drug-likeness (QED) is 0.434. The van der Waals surface area contributed by atoms with Crippen molar-refractivity contribution in [1.82, 2.24) is 19.2 Å². The molecule has 0 unspecified atom stereocenters. The van der Waals surface area contributed by atoms with Crippen LogP contribution in [-0.2, 0) is 11.3 Å². The molecule has 0 bridgehead atoms. The maximum atomic E-state index is 12.8. The van der Waals surface area contributed by atoms with Crippen molar-refractivity contribution in [3.05, 3.63) is 65.3 Å². The van der Waals surface area contributed by atoms with E-state index in [-0.39, 0.29) is 18.1 Å². The van der Waals surface area contributed by atoms with E-state index < -0.39 is 11.6 Å². The van der Waals surface area contributed by atoms with Crippen molar-refractivity contribution < 1.29 is 23.7 Å². The summed E-state index contributed by atoms with van der Waals surface area (Å²) >= 11 is 0. The average Bonchev–Trinajstić information content (AvgIpc) is 3.15. The molecule has 0 aliphatic heterocycles. The van der Waals surface area contributed by atoms with Crippen LogP contribution in [0.2, 0.25) is 0 Å². The Labute approximate surface area is 188 Å². The average molecular weight is 451 g/mol. The van der Waals surface area contributed by atoms with Gasteiger partial charge in [-0.05, 0) is 24.3 Å². The first-order valence-electron chi connectivity index (χ1n) is 9.80. The molecular weight excluding hydrogens is 430 g/mol. The molecular formula is C22H21N5O6. The molecule has 170 valence electrons. The number of carbonyl (C=O) groups is 1. The Morgan fingerprint density at radius 1 is 1.00 bits per heavy atom. The van der Waals surface area contributed by atoms with Crippen molar-refractivity contribution >= 4 is 17.2 Å². The van der Waals surface area contributed by atoms with Crippen LogP contribution in [0.5, 0.6) is 28.9 Å². The van der Waals surface area contributed by atoms with Gasteiger partial charge in [-0.25, -0.2) is 18.9 Å². The molecule has 11 heteroatoms. The first-order valence-corrected chi connectivity index (χ1v) is 9.80. The van der Waals surface area contributed by atoms with Gasteiger partial charge in [0.15, 0.2) is 0 Å². The van der Waals surface area contributed by atoms with Crippen molar-refractivity contribution in [3.63, 3.8) is 0 Å². The predicted octanol–water partition coefficient (Wildman–Crippen LogP) is 2.35. The smallest absolute Gasteiger partial charge is 0.351 e. The molecule has 0 saturated heterocycles. The van der Waals surface area contributed by atoms with Crippen molar-refractivity contribution in [3.8, 4) is 28.9 Å². The Morgan fingerprint density at radius 2 is 1.76 bits per heavy atom. The van der Waals surface area contributed by atoms with Crippen LogP contribution in [0.15, 0.2) is 59.7 Å². The van der Waals surface area contributed by atoms with Crippen molar-refractivity contribution in [1.29, 1.82) is 0 Å². The molecule has 2 aromatic heterocycles. The largest absolute Gasteiger partial charge is 0.497 e. The molecule has 11 nitrogen and oxygen atoms in total. The van der Waals surface area contributed by atoms with Crippen LogP contribution in [-0.4, -0.2) is 46.4 Å². The van der Waals surface area contributed by atoms with E-state index in [1.54, 1.807) is 49.6 Å². The van der Waals surface area contributed by atoms with Crippen LogP contribution in [0.4, 0.5) is 5.69 Å². The Balaban J connectivity index is 1.58. The van der Waals surface area contributed by atoms with E-state index in [1.807, 2.05) is 0 Å². The zero-order valence-corrected chi connectivity index (χ0v) is 18.1. The molecule has 1 N–H and O–H groups in total. The van der Waals surface area contributed by atoms with Crippen LogP contribution in [0, 0.1) is 0 Å². The van der Waals surface area contributed by atoms with Crippen LogP contribution in [0.25, 0.3) is 5.65 Å². The third kappa shape index (κ3) is 4.56. The Bertz CT molecular complexity index is 1360. The number of nitrogens with zero attached hydrogens (tertiary/aromatic N) is 4. The third-order valence-electron chi connectivity index (χ3n) is 4.70. The lowest BCUT2D eigenvalue weighted by Gasteiger charge is -2.11. The second-order valence-corrected chi connectivity index (χ2v) is 6.76. The molecule has 4 aromatic rings. The number of nitrogens with one attached hydrogen (secondary N) is 1. The highest BCUT2D eigenvalue weighted by Crippen LogP contribution is 2.29. The summed E-state index contributed by atoms with van der Waals surface area (Å²) in [6, 6.07) is 11.9. The molecule has 0 atom stereocenters. The van der Waals surface area contributed by atoms with E-state index in [9.17, 15) is 9.59 Å². The van der Waals surface area contributed by atoms with Gasteiger partial charge in [0.25, 0.3) is 5.88 Å². The number of aromatic nitrogens is 4. The lowest BCUT2D eigenvalue weighted by Crippen LogP contribution is -2.28. The van der Waals surface area contributed by atoms with Gasteiger partial charge in [-0.15, -0.1) is 5.10 Å². The van der Waals surface area contributed by atoms with Gasteiger partial charge in [-0.3, -0.25) is 4.79 Å². The first kappa shape index (κ1) is 21.7. The maximum absolute atomic E-state index is 12.8. The van der Waals surface area contributed by atoms with E-state index >= 15 is 0 Å². The molecule has 0 aliphatic carbocycles. The van der Waals surface area contributed by atoms with E-state index in [0.717, 1.165) is 4.68 Å². The number of anilines is 1. The van der Waals surface area contributed by atoms with Gasteiger partial charge in [-0.1, -0.05) is 6.07 Å². The molecule has 4 rings (SSSR count). The highest BCUT2D eigenvalue weighted by molar-refractivity contribution is 5.92. The highest BCUT2D eigenvalue weighted by atomic mass is 16.5. The van der Waals surface area contributed by atoms with E-state index in [4.69, 9.17) is 18.9 Å². The summed E-state index contributed by atoms with van der Waals surface area (Å²) in [6.45, 7) is -0.325. The third-order valence-corrected chi connectivity index (χ3v) is 4.70. The highest BCUT2D eigenvalue weighted by Gasteiger charge is 2.17.